The molecule has 0 saturated carbocycles. The summed E-state index contributed by atoms with van der Waals surface area (Å²) in [5, 5.41) is 18.9. The fraction of sp³-hybridized carbons (Fsp3) is 0.333. The van der Waals surface area contributed by atoms with Crippen LogP contribution in [0.3, 0.4) is 0 Å². The van der Waals surface area contributed by atoms with Crippen LogP contribution in [0.5, 0.6) is 0 Å². The zero-order chi connectivity index (χ0) is 8.72. The summed E-state index contributed by atoms with van der Waals surface area (Å²) in [6.45, 7) is 0. The summed E-state index contributed by atoms with van der Waals surface area (Å²) >= 11 is 0. The number of hydrogen-bond acceptors (Lipinski definition) is 3. The highest BCUT2D eigenvalue weighted by Gasteiger charge is 2.35. The number of fused-ring (bicyclic) bond motifs is 1. The van der Waals surface area contributed by atoms with Gasteiger partial charge in [-0.3, -0.25) is 0 Å². The molecule has 12 heavy (non-hydrogen) atoms. The van der Waals surface area contributed by atoms with Gasteiger partial charge in [0.25, 0.3) is 0 Å². The van der Waals surface area contributed by atoms with Gasteiger partial charge in [-0.1, -0.05) is 24.3 Å². The minimum Gasteiger partial charge on any atom is -0.388 e. The van der Waals surface area contributed by atoms with E-state index < -0.39 is 18.2 Å². The molecule has 0 bridgehead atoms. The molecule has 3 nitrogen and oxygen atoms in total. The predicted molar refractivity (Wildman–Crippen MR) is 44.3 cm³/mol. The van der Waals surface area contributed by atoms with Crippen LogP contribution in [-0.2, 0) is 0 Å². The number of hydrogen-bond donors (Lipinski definition) is 3. The normalized spacial score (nSPS) is 33.4. The van der Waals surface area contributed by atoms with Gasteiger partial charge in [-0.25, -0.2) is 0 Å². The Hall–Kier alpha value is -0.900. The summed E-state index contributed by atoms with van der Waals surface area (Å²) in [5.41, 5.74) is 7.26. The van der Waals surface area contributed by atoms with E-state index in [0.717, 1.165) is 11.1 Å². The summed E-state index contributed by atoms with van der Waals surface area (Å²) in [7, 11) is 0. The molecule has 0 heterocycles. The van der Waals surface area contributed by atoms with Gasteiger partial charge in [0.2, 0.25) is 0 Å². The molecular formula is C9H11NO2. The van der Waals surface area contributed by atoms with Crippen molar-refractivity contribution >= 4 is 0 Å². The van der Waals surface area contributed by atoms with Crippen molar-refractivity contribution in [2.45, 2.75) is 18.2 Å². The van der Waals surface area contributed by atoms with Gasteiger partial charge in [0.05, 0.1) is 6.04 Å². The van der Waals surface area contributed by atoms with Gasteiger partial charge < -0.3 is 15.9 Å². The first-order valence-electron chi connectivity index (χ1n) is 3.92. The third-order valence-electron chi connectivity index (χ3n) is 2.37. The first-order valence-corrected chi connectivity index (χ1v) is 3.92. The number of aliphatic hydroxyl groups excluding tert-OH is 2. The first-order chi connectivity index (χ1) is 5.72. The molecule has 0 unspecified atom stereocenters. The average molecular weight is 165 g/mol. The second kappa shape index (κ2) is 2.55. The molecule has 1 aromatic rings. The molecular weight excluding hydrogens is 154 g/mol. The second-order valence-corrected chi connectivity index (χ2v) is 3.09. The van der Waals surface area contributed by atoms with E-state index in [4.69, 9.17) is 5.73 Å². The number of aliphatic hydroxyl groups is 2. The Balaban J connectivity index is 2.52. The van der Waals surface area contributed by atoms with Crippen molar-refractivity contribution in [1.29, 1.82) is 0 Å². The highest BCUT2D eigenvalue weighted by molar-refractivity contribution is 5.38. The molecule has 0 aliphatic heterocycles. The van der Waals surface area contributed by atoms with Crippen LogP contribution in [0.1, 0.15) is 23.3 Å². The van der Waals surface area contributed by atoms with Gasteiger partial charge in [-0.2, -0.15) is 0 Å². The van der Waals surface area contributed by atoms with Crippen LogP contribution in [0.15, 0.2) is 24.3 Å². The van der Waals surface area contributed by atoms with Crippen LogP contribution in [0.2, 0.25) is 0 Å². The summed E-state index contributed by atoms with van der Waals surface area (Å²) in [4.78, 5) is 0. The molecule has 0 fully saturated rings. The zero-order valence-corrected chi connectivity index (χ0v) is 6.51. The molecule has 2 rings (SSSR count). The van der Waals surface area contributed by atoms with E-state index in [-0.39, 0.29) is 0 Å². The third kappa shape index (κ3) is 0.876. The summed E-state index contributed by atoms with van der Waals surface area (Å²) in [6.07, 6.45) is -1.68. The third-order valence-corrected chi connectivity index (χ3v) is 2.37. The zero-order valence-electron chi connectivity index (χ0n) is 6.51. The van der Waals surface area contributed by atoms with Crippen LogP contribution >= 0.6 is 0 Å². The Morgan fingerprint density at radius 2 is 1.67 bits per heavy atom. The largest absolute Gasteiger partial charge is 0.388 e. The Kier molecular flexibility index (Phi) is 1.65. The SMILES string of the molecule is N[C@@H]1c2ccccc2[C@@H](O)[C@H]1O. The number of benzene rings is 1. The molecule has 0 saturated heterocycles. The highest BCUT2D eigenvalue weighted by Crippen LogP contribution is 2.36. The van der Waals surface area contributed by atoms with Crippen molar-refractivity contribution in [2.75, 3.05) is 0 Å². The minimum atomic E-state index is -0.859. The molecule has 0 amide bonds. The van der Waals surface area contributed by atoms with Crippen LogP contribution in [0, 0.1) is 0 Å². The van der Waals surface area contributed by atoms with E-state index in [1.165, 1.54) is 0 Å². The van der Waals surface area contributed by atoms with Gasteiger partial charge in [-0.05, 0) is 11.1 Å². The van der Waals surface area contributed by atoms with Crippen LogP contribution in [0.4, 0.5) is 0 Å². The van der Waals surface area contributed by atoms with Crippen LogP contribution in [0.25, 0.3) is 0 Å². The lowest BCUT2D eigenvalue weighted by Gasteiger charge is -2.11. The van der Waals surface area contributed by atoms with Gasteiger partial charge in [0, 0.05) is 0 Å². The molecule has 0 spiro atoms. The van der Waals surface area contributed by atoms with E-state index in [1.54, 1.807) is 6.07 Å². The number of rotatable bonds is 0. The molecule has 1 aliphatic rings. The van der Waals surface area contributed by atoms with Crippen molar-refractivity contribution in [3.63, 3.8) is 0 Å². The summed E-state index contributed by atoms with van der Waals surface area (Å²) in [6, 6.07) is 6.85. The number of nitrogens with two attached hydrogens (primary N) is 1. The quantitative estimate of drug-likeness (QED) is 0.510. The maximum atomic E-state index is 9.49. The average Bonchev–Trinajstić information content (AvgIpc) is 2.33. The monoisotopic (exact) mass is 165 g/mol. The molecule has 0 aromatic heterocycles. The van der Waals surface area contributed by atoms with Crippen LogP contribution in [-0.4, -0.2) is 16.3 Å². The Bertz CT molecular complexity index is 271. The minimum absolute atomic E-state index is 0.448. The summed E-state index contributed by atoms with van der Waals surface area (Å²) < 4.78 is 0. The lowest BCUT2D eigenvalue weighted by molar-refractivity contribution is 0.0181. The van der Waals surface area contributed by atoms with Gasteiger partial charge in [0.1, 0.15) is 12.2 Å². The van der Waals surface area contributed by atoms with E-state index in [0.29, 0.717) is 0 Å². The predicted octanol–water partition coefficient (Wildman–Crippen LogP) is 0.0943. The molecule has 1 aromatic carbocycles. The van der Waals surface area contributed by atoms with Crippen LogP contribution < -0.4 is 5.73 Å². The van der Waals surface area contributed by atoms with Gasteiger partial charge in [-0.15, -0.1) is 0 Å². The fourth-order valence-electron chi connectivity index (χ4n) is 1.65. The Labute approximate surface area is 70.4 Å². The Morgan fingerprint density at radius 3 is 2.25 bits per heavy atom. The lowest BCUT2D eigenvalue weighted by Crippen LogP contribution is -2.24. The Morgan fingerprint density at radius 1 is 1.08 bits per heavy atom. The molecule has 64 valence electrons. The van der Waals surface area contributed by atoms with Crippen molar-refractivity contribution < 1.29 is 10.2 Å². The van der Waals surface area contributed by atoms with Crippen molar-refractivity contribution in [1.82, 2.24) is 0 Å². The van der Waals surface area contributed by atoms with Gasteiger partial charge >= 0.3 is 0 Å². The fourth-order valence-corrected chi connectivity index (χ4v) is 1.65. The van der Waals surface area contributed by atoms with E-state index in [1.807, 2.05) is 18.2 Å². The van der Waals surface area contributed by atoms with E-state index in [9.17, 15) is 10.2 Å². The first kappa shape index (κ1) is 7.73. The van der Waals surface area contributed by atoms with Crippen molar-refractivity contribution in [3.8, 4) is 0 Å². The molecule has 1 aliphatic carbocycles. The molecule has 3 atom stereocenters. The topological polar surface area (TPSA) is 66.5 Å². The van der Waals surface area contributed by atoms with E-state index >= 15 is 0 Å². The summed E-state index contributed by atoms with van der Waals surface area (Å²) in [5.74, 6) is 0. The second-order valence-electron chi connectivity index (χ2n) is 3.09. The molecule has 3 heteroatoms. The van der Waals surface area contributed by atoms with Crippen molar-refractivity contribution in [3.05, 3.63) is 35.4 Å². The highest BCUT2D eigenvalue weighted by atomic mass is 16.3. The van der Waals surface area contributed by atoms with Crippen molar-refractivity contribution in [2.24, 2.45) is 5.73 Å². The smallest absolute Gasteiger partial charge is 0.107 e. The maximum Gasteiger partial charge on any atom is 0.107 e. The standard InChI is InChI=1S/C9H11NO2/c10-7-5-3-1-2-4-6(5)8(11)9(7)12/h1-4,7-9,11-12H,10H2/t7-,8-,9+/m1/s1. The molecule has 4 N–H and O–H groups in total. The lowest BCUT2D eigenvalue weighted by atomic mass is 10.1. The molecule has 0 radical (unpaired) electrons. The maximum absolute atomic E-state index is 9.49. The van der Waals surface area contributed by atoms with E-state index in [2.05, 4.69) is 0 Å². The van der Waals surface area contributed by atoms with Gasteiger partial charge in [0.15, 0.2) is 0 Å².